The van der Waals surface area contributed by atoms with E-state index in [9.17, 15) is 14.4 Å². The molecule has 0 saturated carbocycles. The number of ether oxygens (including phenoxy) is 1. The van der Waals surface area contributed by atoms with E-state index >= 15 is 0 Å². The monoisotopic (exact) mass is 314 g/mol. The number of carbonyl (C=O) groups is 2. The van der Waals surface area contributed by atoms with E-state index < -0.39 is 11.9 Å². The Hall–Kier alpha value is -2.63. The molecule has 3 rings (SSSR count). The van der Waals surface area contributed by atoms with Crippen molar-refractivity contribution in [2.45, 2.75) is 32.6 Å². The van der Waals surface area contributed by atoms with E-state index in [2.05, 4.69) is 15.0 Å². The summed E-state index contributed by atoms with van der Waals surface area (Å²) in [5.74, 6) is -1.75. The van der Waals surface area contributed by atoms with Gasteiger partial charge in [0.2, 0.25) is 0 Å². The number of carbonyl (C=O) groups excluding carboxylic acids is 2. The molecule has 23 heavy (non-hydrogen) atoms. The minimum absolute atomic E-state index is 0.0685. The van der Waals surface area contributed by atoms with Crippen molar-refractivity contribution in [1.29, 1.82) is 0 Å². The lowest BCUT2D eigenvalue weighted by Crippen LogP contribution is -2.25. The molecule has 2 aromatic rings. The molecular weight excluding hydrogens is 296 g/mol. The predicted molar refractivity (Wildman–Crippen MR) is 86.5 cm³/mol. The van der Waals surface area contributed by atoms with Crippen molar-refractivity contribution in [2.24, 2.45) is 0 Å². The fraction of sp³-hybridized carbons (Fsp3) is 0.353. The molecule has 1 aromatic carbocycles. The van der Waals surface area contributed by atoms with Gasteiger partial charge < -0.3 is 15.0 Å². The molecule has 6 nitrogen and oxygen atoms in total. The van der Waals surface area contributed by atoms with E-state index in [-0.39, 0.29) is 12.2 Å². The summed E-state index contributed by atoms with van der Waals surface area (Å²) in [6.07, 6.45) is 3.81. The molecule has 1 aliphatic carbocycles. The normalized spacial score (nSPS) is 13.4. The number of pyridine rings is 1. The van der Waals surface area contributed by atoms with Crippen LogP contribution in [-0.4, -0.2) is 23.5 Å². The number of amides is 1. The van der Waals surface area contributed by atoms with Gasteiger partial charge in [-0.3, -0.25) is 9.59 Å². The molecule has 0 radical (unpaired) electrons. The lowest BCUT2D eigenvalue weighted by molar-refractivity contribution is -0.152. The third-order valence-electron chi connectivity index (χ3n) is 4.05. The van der Waals surface area contributed by atoms with Gasteiger partial charge in [0, 0.05) is 16.6 Å². The standard InChI is InChI=1S/C17H18N2O4/c1-2-23-17(22)16(21)18-10-7-8-12-11-5-3-4-6-13(11)15(20)19-14(12)9-10/h7-9H,2-6H2,1H3,(H,18,21)(H,19,20). The van der Waals surface area contributed by atoms with Crippen molar-refractivity contribution in [3.63, 3.8) is 0 Å². The number of fused-ring (bicyclic) bond motifs is 3. The van der Waals surface area contributed by atoms with Crippen LogP contribution < -0.4 is 10.9 Å². The number of esters is 1. The molecule has 120 valence electrons. The van der Waals surface area contributed by atoms with Gasteiger partial charge in [0.15, 0.2) is 0 Å². The Morgan fingerprint density at radius 3 is 2.70 bits per heavy atom. The van der Waals surface area contributed by atoms with Crippen molar-refractivity contribution < 1.29 is 14.3 Å². The Morgan fingerprint density at radius 1 is 1.22 bits per heavy atom. The van der Waals surface area contributed by atoms with Crippen molar-refractivity contribution in [3.05, 3.63) is 39.7 Å². The first-order chi connectivity index (χ1) is 11.1. The maximum absolute atomic E-state index is 12.2. The van der Waals surface area contributed by atoms with Gasteiger partial charge in [-0.2, -0.15) is 0 Å². The van der Waals surface area contributed by atoms with Gasteiger partial charge in [0.05, 0.1) is 12.1 Å². The van der Waals surface area contributed by atoms with Crippen LogP contribution in [0, 0.1) is 0 Å². The second kappa shape index (κ2) is 6.24. The van der Waals surface area contributed by atoms with Crippen LogP contribution in [0.15, 0.2) is 23.0 Å². The number of anilines is 1. The largest absolute Gasteiger partial charge is 0.459 e. The fourth-order valence-corrected chi connectivity index (χ4v) is 3.02. The highest BCUT2D eigenvalue weighted by Gasteiger charge is 2.18. The second-order valence-corrected chi connectivity index (χ2v) is 5.55. The molecule has 0 aliphatic heterocycles. The summed E-state index contributed by atoms with van der Waals surface area (Å²) in [6.45, 7) is 1.78. The molecule has 0 atom stereocenters. The maximum Gasteiger partial charge on any atom is 0.397 e. The summed E-state index contributed by atoms with van der Waals surface area (Å²) < 4.78 is 4.65. The molecule has 1 amide bonds. The molecule has 0 spiro atoms. The molecule has 0 saturated heterocycles. The first-order valence-corrected chi connectivity index (χ1v) is 7.76. The zero-order chi connectivity index (χ0) is 16.4. The van der Waals surface area contributed by atoms with Gasteiger partial charge in [-0.05, 0) is 50.3 Å². The zero-order valence-electron chi connectivity index (χ0n) is 12.9. The number of rotatable bonds is 2. The van der Waals surface area contributed by atoms with Gasteiger partial charge in [0.1, 0.15) is 0 Å². The zero-order valence-corrected chi connectivity index (χ0v) is 12.9. The molecule has 1 heterocycles. The highest BCUT2D eigenvalue weighted by molar-refractivity contribution is 6.37. The van der Waals surface area contributed by atoms with Crippen LogP contribution in [0.1, 0.15) is 30.9 Å². The average molecular weight is 314 g/mol. The van der Waals surface area contributed by atoms with Crippen LogP contribution in [-0.2, 0) is 27.2 Å². The summed E-state index contributed by atoms with van der Waals surface area (Å²) >= 11 is 0. The van der Waals surface area contributed by atoms with Gasteiger partial charge in [0.25, 0.3) is 5.56 Å². The first-order valence-electron chi connectivity index (χ1n) is 7.76. The number of aromatic nitrogens is 1. The van der Waals surface area contributed by atoms with Gasteiger partial charge >= 0.3 is 11.9 Å². The summed E-state index contributed by atoms with van der Waals surface area (Å²) in [6, 6.07) is 5.27. The number of hydrogen-bond acceptors (Lipinski definition) is 4. The Labute approximate surface area is 132 Å². The van der Waals surface area contributed by atoms with E-state index in [1.807, 2.05) is 6.07 Å². The minimum Gasteiger partial charge on any atom is -0.459 e. The van der Waals surface area contributed by atoms with Gasteiger partial charge in [-0.1, -0.05) is 6.07 Å². The topological polar surface area (TPSA) is 88.3 Å². The Kier molecular flexibility index (Phi) is 4.14. The third-order valence-corrected chi connectivity index (χ3v) is 4.05. The van der Waals surface area contributed by atoms with Crippen LogP contribution in [0.4, 0.5) is 5.69 Å². The number of hydrogen-bond donors (Lipinski definition) is 2. The van der Waals surface area contributed by atoms with Crippen LogP contribution in [0.5, 0.6) is 0 Å². The predicted octanol–water partition coefficient (Wildman–Crippen LogP) is 1.91. The lowest BCUT2D eigenvalue weighted by Gasteiger charge is -2.17. The summed E-state index contributed by atoms with van der Waals surface area (Å²) in [4.78, 5) is 38.1. The number of aryl methyl sites for hydroxylation is 1. The Bertz CT molecular complexity index is 838. The van der Waals surface area contributed by atoms with E-state index in [1.165, 1.54) is 0 Å². The Balaban J connectivity index is 1.95. The van der Waals surface area contributed by atoms with Crippen molar-refractivity contribution in [3.8, 4) is 0 Å². The summed E-state index contributed by atoms with van der Waals surface area (Å²) in [7, 11) is 0. The van der Waals surface area contributed by atoms with Crippen molar-refractivity contribution in [2.75, 3.05) is 11.9 Å². The molecule has 2 N–H and O–H groups in total. The fourth-order valence-electron chi connectivity index (χ4n) is 3.02. The third kappa shape index (κ3) is 2.97. The summed E-state index contributed by atoms with van der Waals surface area (Å²) in [5, 5.41) is 3.48. The molecular formula is C17H18N2O4. The van der Waals surface area contributed by atoms with Crippen LogP contribution >= 0.6 is 0 Å². The van der Waals surface area contributed by atoms with Crippen LogP contribution in [0.2, 0.25) is 0 Å². The molecule has 6 heteroatoms. The lowest BCUT2D eigenvalue weighted by atomic mass is 9.90. The highest BCUT2D eigenvalue weighted by Crippen LogP contribution is 2.27. The molecule has 0 bridgehead atoms. The molecule has 1 aliphatic rings. The smallest absolute Gasteiger partial charge is 0.397 e. The number of aromatic amines is 1. The SMILES string of the molecule is CCOC(=O)C(=O)Nc1ccc2c3c(c(=O)[nH]c2c1)CCCC3. The van der Waals surface area contributed by atoms with E-state index in [0.29, 0.717) is 11.2 Å². The quantitative estimate of drug-likeness (QED) is 0.654. The van der Waals surface area contributed by atoms with E-state index in [4.69, 9.17) is 0 Å². The summed E-state index contributed by atoms with van der Waals surface area (Å²) in [5.41, 5.74) is 3.01. The number of benzene rings is 1. The number of H-pyrrole nitrogens is 1. The minimum atomic E-state index is -0.925. The van der Waals surface area contributed by atoms with E-state index in [1.54, 1.807) is 19.1 Å². The Morgan fingerprint density at radius 2 is 1.96 bits per heavy atom. The van der Waals surface area contributed by atoms with Crippen LogP contribution in [0.3, 0.4) is 0 Å². The number of nitrogens with one attached hydrogen (secondary N) is 2. The maximum atomic E-state index is 12.2. The molecule has 1 aromatic heterocycles. The van der Waals surface area contributed by atoms with Crippen molar-refractivity contribution in [1.82, 2.24) is 4.98 Å². The molecule has 0 unspecified atom stereocenters. The van der Waals surface area contributed by atoms with Gasteiger partial charge in [-0.15, -0.1) is 0 Å². The average Bonchev–Trinajstić information content (AvgIpc) is 2.55. The van der Waals surface area contributed by atoms with Crippen molar-refractivity contribution >= 4 is 28.5 Å². The second-order valence-electron chi connectivity index (χ2n) is 5.55. The van der Waals surface area contributed by atoms with Crippen LogP contribution in [0.25, 0.3) is 10.9 Å². The first kappa shape index (κ1) is 15.3. The van der Waals surface area contributed by atoms with Gasteiger partial charge in [-0.25, -0.2) is 4.79 Å². The molecule has 0 fully saturated rings. The highest BCUT2D eigenvalue weighted by atomic mass is 16.5. The van der Waals surface area contributed by atoms with E-state index in [0.717, 1.165) is 42.2 Å².